The van der Waals surface area contributed by atoms with Gasteiger partial charge in [-0.2, -0.15) is 10.2 Å². The number of halogens is 2. The molecule has 0 unspecified atom stereocenters. The minimum Gasteiger partial charge on any atom is -0.333 e. The summed E-state index contributed by atoms with van der Waals surface area (Å²) in [6.45, 7) is 0. The summed E-state index contributed by atoms with van der Waals surface area (Å²) in [6, 6.07) is 8.22. The fourth-order valence-corrected chi connectivity index (χ4v) is 2.77. The van der Waals surface area contributed by atoms with Crippen LogP contribution in [-0.2, 0) is 0 Å². The van der Waals surface area contributed by atoms with Crippen LogP contribution in [0.5, 0.6) is 0 Å². The van der Waals surface area contributed by atoms with Crippen molar-refractivity contribution in [2.75, 3.05) is 0 Å². The minimum absolute atomic E-state index is 0.284. The average Bonchev–Trinajstić information content (AvgIpc) is 3.09. The summed E-state index contributed by atoms with van der Waals surface area (Å²) in [6.07, 6.45) is 0. The molecular weight excluding hydrogens is 345 g/mol. The van der Waals surface area contributed by atoms with Crippen LogP contribution in [0.1, 0.15) is 5.56 Å². The van der Waals surface area contributed by atoms with Crippen molar-refractivity contribution in [3.63, 3.8) is 0 Å². The van der Waals surface area contributed by atoms with Crippen LogP contribution in [0.3, 0.4) is 0 Å². The predicted octanol–water partition coefficient (Wildman–Crippen LogP) is 4.24. The minimum atomic E-state index is -0.359. The van der Waals surface area contributed by atoms with Crippen molar-refractivity contribution >= 4 is 27.3 Å². The molecule has 0 saturated heterocycles. The Morgan fingerprint density at radius 3 is 2.95 bits per heavy atom. The lowest BCUT2D eigenvalue weighted by molar-refractivity contribution is 0.433. The molecule has 2 aromatic heterocycles. The average molecular weight is 350 g/mol. The zero-order chi connectivity index (χ0) is 14.1. The van der Waals surface area contributed by atoms with Crippen molar-refractivity contribution in [3.8, 4) is 28.2 Å². The first kappa shape index (κ1) is 13.0. The number of nitriles is 1. The standard InChI is InChI=1S/C13H5BrFN3OS/c14-9-5-7(1-2-10(9)15)12-17-13(19-18-12)11-8(6-16)3-4-20-11/h1-5H. The number of hydrogen-bond donors (Lipinski definition) is 0. The molecular formula is C13H5BrFN3OS. The molecule has 7 heteroatoms. The number of rotatable bonds is 2. The zero-order valence-corrected chi connectivity index (χ0v) is 12.2. The van der Waals surface area contributed by atoms with Crippen molar-refractivity contribution in [2.45, 2.75) is 0 Å². The first-order valence-corrected chi connectivity index (χ1v) is 7.13. The topological polar surface area (TPSA) is 62.7 Å². The van der Waals surface area contributed by atoms with Crippen LogP contribution in [0.15, 0.2) is 38.6 Å². The molecule has 0 saturated carbocycles. The number of thiophene rings is 1. The van der Waals surface area contributed by atoms with E-state index in [9.17, 15) is 4.39 Å². The fourth-order valence-electron chi connectivity index (χ4n) is 1.63. The number of hydrogen-bond acceptors (Lipinski definition) is 5. The van der Waals surface area contributed by atoms with Crippen LogP contribution in [0.2, 0.25) is 0 Å². The van der Waals surface area contributed by atoms with Gasteiger partial charge in [-0.3, -0.25) is 0 Å². The third-order valence-electron chi connectivity index (χ3n) is 2.58. The summed E-state index contributed by atoms with van der Waals surface area (Å²) in [5.41, 5.74) is 1.12. The highest BCUT2D eigenvalue weighted by molar-refractivity contribution is 9.10. The van der Waals surface area contributed by atoms with Gasteiger partial charge in [0.05, 0.1) is 10.0 Å². The van der Waals surface area contributed by atoms with E-state index in [0.717, 1.165) is 0 Å². The monoisotopic (exact) mass is 349 g/mol. The van der Waals surface area contributed by atoms with E-state index in [-0.39, 0.29) is 11.7 Å². The maximum atomic E-state index is 13.2. The fraction of sp³-hybridized carbons (Fsp3) is 0. The van der Waals surface area contributed by atoms with E-state index >= 15 is 0 Å². The smallest absolute Gasteiger partial charge is 0.269 e. The highest BCUT2D eigenvalue weighted by Crippen LogP contribution is 2.30. The lowest BCUT2D eigenvalue weighted by Crippen LogP contribution is -1.84. The Morgan fingerprint density at radius 1 is 1.35 bits per heavy atom. The summed E-state index contributed by atoms with van der Waals surface area (Å²) in [5.74, 6) is 0.271. The zero-order valence-electron chi connectivity index (χ0n) is 9.80. The quantitative estimate of drug-likeness (QED) is 0.694. The van der Waals surface area contributed by atoms with Gasteiger partial charge in [-0.1, -0.05) is 5.16 Å². The molecule has 0 aliphatic carbocycles. The Balaban J connectivity index is 2.02. The maximum Gasteiger partial charge on any atom is 0.269 e. The van der Waals surface area contributed by atoms with E-state index in [1.807, 2.05) is 0 Å². The second-order valence-corrected chi connectivity index (χ2v) is 5.60. The van der Waals surface area contributed by atoms with Crippen molar-refractivity contribution in [1.82, 2.24) is 10.1 Å². The van der Waals surface area contributed by atoms with Gasteiger partial charge in [-0.15, -0.1) is 11.3 Å². The van der Waals surface area contributed by atoms with Crippen LogP contribution in [-0.4, -0.2) is 10.1 Å². The third kappa shape index (κ3) is 2.24. The van der Waals surface area contributed by atoms with Gasteiger partial charge in [0, 0.05) is 5.56 Å². The first-order valence-electron chi connectivity index (χ1n) is 5.46. The van der Waals surface area contributed by atoms with Crippen molar-refractivity contribution in [1.29, 1.82) is 5.26 Å². The highest BCUT2D eigenvalue weighted by atomic mass is 79.9. The second-order valence-electron chi connectivity index (χ2n) is 3.83. The Morgan fingerprint density at radius 2 is 2.20 bits per heavy atom. The van der Waals surface area contributed by atoms with Gasteiger partial charge >= 0.3 is 0 Å². The molecule has 0 amide bonds. The van der Waals surface area contributed by atoms with Crippen molar-refractivity contribution in [2.24, 2.45) is 0 Å². The number of nitrogens with zero attached hydrogens (tertiary/aromatic N) is 3. The Labute approximate surface area is 125 Å². The van der Waals surface area contributed by atoms with Crippen LogP contribution in [0.4, 0.5) is 4.39 Å². The Bertz CT molecular complexity index is 821. The summed E-state index contributed by atoms with van der Waals surface area (Å²) >= 11 is 4.46. The Kier molecular flexibility index (Phi) is 3.34. The number of benzene rings is 1. The van der Waals surface area contributed by atoms with Gasteiger partial charge < -0.3 is 4.52 Å². The van der Waals surface area contributed by atoms with Crippen molar-refractivity contribution < 1.29 is 8.91 Å². The van der Waals surface area contributed by atoms with Crippen LogP contribution < -0.4 is 0 Å². The van der Waals surface area contributed by atoms with E-state index in [1.165, 1.54) is 17.4 Å². The van der Waals surface area contributed by atoms with Gasteiger partial charge in [0.15, 0.2) is 0 Å². The summed E-state index contributed by atoms with van der Waals surface area (Å²) in [5, 5.41) is 14.6. The molecule has 1 aromatic carbocycles. The lowest BCUT2D eigenvalue weighted by atomic mass is 10.2. The van der Waals surface area contributed by atoms with Crippen LogP contribution in [0, 0.1) is 17.1 Å². The molecule has 3 rings (SSSR count). The number of aromatic nitrogens is 2. The summed E-state index contributed by atoms with van der Waals surface area (Å²) in [7, 11) is 0. The van der Waals surface area contributed by atoms with Crippen LogP contribution in [0.25, 0.3) is 22.2 Å². The van der Waals surface area contributed by atoms with E-state index in [0.29, 0.717) is 26.3 Å². The third-order valence-corrected chi connectivity index (χ3v) is 4.09. The molecule has 98 valence electrons. The molecule has 0 aliphatic heterocycles. The molecule has 0 N–H and O–H groups in total. The first-order chi connectivity index (χ1) is 9.69. The van der Waals surface area contributed by atoms with E-state index in [4.69, 9.17) is 9.78 Å². The van der Waals surface area contributed by atoms with Gasteiger partial charge in [0.2, 0.25) is 5.82 Å². The van der Waals surface area contributed by atoms with Crippen LogP contribution >= 0.6 is 27.3 Å². The summed E-state index contributed by atoms with van der Waals surface area (Å²) < 4.78 is 18.7. The largest absolute Gasteiger partial charge is 0.333 e. The molecule has 0 aliphatic rings. The molecule has 2 heterocycles. The van der Waals surface area contributed by atoms with E-state index in [2.05, 4.69) is 32.1 Å². The SMILES string of the molecule is N#Cc1ccsc1-c1nc(-c2ccc(F)c(Br)c2)no1. The molecule has 3 aromatic rings. The Hall–Kier alpha value is -2.04. The molecule has 20 heavy (non-hydrogen) atoms. The van der Waals surface area contributed by atoms with Gasteiger partial charge in [-0.05, 0) is 45.6 Å². The van der Waals surface area contributed by atoms with Gasteiger partial charge in [0.1, 0.15) is 16.8 Å². The second kappa shape index (κ2) is 5.15. The molecule has 0 radical (unpaired) electrons. The molecule has 0 fully saturated rings. The van der Waals surface area contributed by atoms with Crippen molar-refractivity contribution in [3.05, 3.63) is 45.5 Å². The normalized spacial score (nSPS) is 10.4. The van der Waals surface area contributed by atoms with Gasteiger partial charge in [-0.25, -0.2) is 4.39 Å². The molecule has 0 bridgehead atoms. The maximum absolute atomic E-state index is 13.2. The predicted molar refractivity (Wildman–Crippen MR) is 75.4 cm³/mol. The lowest BCUT2D eigenvalue weighted by Gasteiger charge is -1.96. The highest BCUT2D eigenvalue weighted by Gasteiger charge is 2.16. The molecule has 0 spiro atoms. The molecule has 0 atom stereocenters. The van der Waals surface area contributed by atoms with E-state index in [1.54, 1.807) is 23.6 Å². The van der Waals surface area contributed by atoms with E-state index < -0.39 is 0 Å². The molecule has 4 nitrogen and oxygen atoms in total. The summed E-state index contributed by atoms with van der Waals surface area (Å²) in [4.78, 5) is 4.87. The van der Waals surface area contributed by atoms with Gasteiger partial charge in [0.25, 0.3) is 5.89 Å².